The maximum Gasteiger partial charge on any atom is 0.230 e. The van der Waals surface area contributed by atoms with Crippen LogP contribution in [0, 0.1) is 11.7 Å². The number of hydrogen-bond donors (Lipinski definition) is 0. The zero-order valence-corrected chi connectivity index (χ0v) is 22.1. The minimum atomic E-state index is -0.282. The first-order valence-electron chi connectivity index (χ1n) is 13.3. The van der Waals surface area contributed by atoms with E-state index < -0.39 is 0 Å². The van der Waals surface area contributed by atoms with Crippen molar-refractivity contribution in [3.8, 4) is 5.69 Å². The minimum Gasteiger partial charge on any atom is -0.336 e. The summed E-state index contributed by atoms with van der Waals surface area (Å²) in [7, 11) is 0. The van der Waals surface area contributed by atoms with Crippen molar-refractivity contribution in [3.63, 3.8) is 0 Å². The molecule has 6 heteroatoms. The summed E-state index contributed by atoms with van der Waals surface area (Å²) in [6.45, 7) is 12.4. The molecule has 5 nitrogen and oxygen atoms in total. The summed E-state index contributed by atoms with van der Waals surface area (Å²) in [5.41, 5.74) is 4.61. The number of carbonyl (C=O) groups is 1. The number of halogens is 1. The van der Waals surface area contributed by atoms with Crippen molar-refractivity contribution in [2.45, 2.75) is 66.0 Å². The third-order valence-electron chi connectivity index (χ3n) is 6.99. The van der Waals surface area contributed by atoms with Gasteiger partial charge < -0.3 is 4.90 Å². The lowest BCUT2D eigenvalue weighted by molar-refractivity contribution is -0.134. The van der Waals surface area contributed by atoms with Gasteiger partial charge in [-0.05, 0) is 43.0 Å². The van der Waals surface area contributed by atoms with Crippen LogP contribution in [0.4, 0.5) is 4.39 Å². The molecule has 0 saturated heterocycles. The molecule has 0 radical (unpaired) electrons. The highest BCUT2D eigenvalue weighted by molar-refractivity contribution is 5.83. The van der Waals surface area contributed by atoms with Gasteiger partial charge in [-0.3, -0.25) is 9.69 Å². The molecule has 4 rings (SSSR count). The zero-order chi connectivity index (χ0) is 25.7. The Labute approximate surface area is 214 Å². The predicted octanol–water partition coefficient (Wildman–Crippen LogP) is 5.96. The lowest BCUT2D eigenvalue weighted by atomic mass is 9.94. The fourth-order valence-corrected chi connectivity index (χ4v) is 5.31. The Bertz CT molecular complexity index is 1160. The standard InChI is InChI=1S/C30H39FN4O/c1-5-17-33-18-16-28-25(20-33)27(32-35(28)29-15-11-10-14-26(29)31)21-34(19-22(3)4)30(36)24(6-2)23-12-8-7-9-13-23/h7-15,22,24H,5-6,16-21H2,1-4H3. The van der Waals surface area contributed by atoms with Crippen molar-refractivity contribution in [2.75, 3.05) is 19.6 Å². The van der Waals surface area contributed by atoms with Crippen LogP contribution in [-0.4, -0.2) is 45.1 Å². The largest absolute Gasteiger partial charge is 0.336 e. The third kappa shape index (κ3) is 5.70. The van der Waals surface area contributed by atoms with Crippen molar-refractivity contribution in [2.24, 2.45) is 5.92 Å². The first kappa shape index (κ1) is 26.1. The van der Waals surface area contributed by atoms with E-state index in [1.807, 2.05) is 41.3 Å². The summed E-state index contributed by atoms with van der Waals surface area (Å²) in [5, 5.41) is 4.96. The number of amides is 1. The molecule has 0 bridgehead atoms. The molecule has 192 valence electrons. The van der Waals surface area contributed by atoms with Crippen LogP contribution < -0.4 is 0 Å². The van der Waals surface area contributed by atoms with Crippen LogP contribution in [0.15, 0.2) is 54.6 Å². The van der Waals surface area contributed by atoms with Crippen molar-refractivity contribution >= 4 is 5.91 Å². The van der Waals surface area contributed by atoms with Crippen LogP contribution in [0.3, 0.4) is 0 Å². The fourth-order valence-electron chi connectivity index (χ4n) is 5.31. The van der Waals surface area contributed by atoms with Crippen LogP contribution in [-0.2, 0) is 24.3 Å². The normalized spacial score (nSPS) is 14.6. The van der Waals surface area contributed by atoms with Gasteiger partial charge in [0.2, 0.25) is 5.91 Å². The van der Waals surface area contributed by atoms with E-state index >= 15 is 0 Å². The van der Waals surface area contributed by atoms with Gasteiger partial charge in [-0.1, -0.05) is 70.2 Å². The molecule has 0 saturated carbocycles. The Morgan fingerprint density at radius 1 is 1.08 bits per heavy atom. The van der Waals surface area contributed by atoms with Crippen molar-refractivity contribution in [3.05, 3.63) is 82.9 Å². The molecule has 1 aliphatic heterocycles. The molecule has 36 heavy (non-hydrogen) atoms. The number of para-hydroxylation sites is 1. The highest BCUT2D eigenvalue weighted by Gasteiger charge is 2.30. The number of benzene rings is 2. The first-order chi connectivity index (χ1) is 17.4. The lowest BCUT2D eigenvalue weighted by Crippen LogP contribution is -2.38. The van der Waals surface area contributed by atoms with E-state index in [4.69, 9.17) is 5.10 Å². The summed E-state index contributed by atoms with van der Waals surface area (Å²) in [6.07, 6.45) is 2.64. The first-order valence-corrected chi connectivity index (χ1v) is 13.3. The second-order valence-corrected chi connectivity index (χ2v) is 10.2. The number of fused-ring (bicyclic) bond motifs is 1. The molecule has 1 atom stereocenters. The van der Waals surface area contributed by atoms with Crippen molar-refractivity contribution in [1.29, 1.82) is 0 Å². The molecule has 1 unspecified atom stereocenters. The summed E-state index contributed by atoms with van der Waals surface area (Å²) >= 11 is 0. The van der Waals surface area contributed by atoms with Gasteiger partial charge in [0.05, 0.1) is 23.9 Å². The lowest BCUT2D eigenvalue weighted by Gasteiger charge is -2.30. The van der Waals surface area contributed by atoms with Crippen molar-refractivity contribution < 1.29 is 9.18 Å². The summed E-state index contributed by atoms with van der Waals surface area (Å²) in [5.74, 6) is -0.0160. The summed E-state index contributed by atoms with van der Waals surface area (Å²) in [6, 6.07) is 16.9. The molecular formula is C30H39FN4O. The van der Waals surface area contributed by atoms with E-state index in [1.54, 1.807) is 16.8 Å². The SMILES string of the molecule is CCCN1CCc2c(c(CN(CC(C)C)C(=O)C(CC)c3ccccc3)nn2-c2ccccc2F)C1. The van der Waals surface area contributed by atoms with E-state index in [0.717, 1.165) is 61.4 Å². The molecular weight excluding hydrogens is 451 g/mol. The van der Waals surface area contributed by atoms with Gasteiger partial charge in [0, 0.05) is 31.6 Å². The predicted molar refractivity (Wildman–Crippen MR) is 143 cm³/mol. The van der Waals surface area contributed by atoms with Crippen LogP contribution >= 0.6 is 0 Å². The van der Waals surface area contributed by atoms with Crippen LogP contribution in [0.25, 0.3) is 5.69 Å². The third-order valence-corrected chi connectivity index (χ3v) is 6.99. The number of aromatic nitrogens is 2. The molecule has 0 fully saturated rings. The minimum absolute atomic E-state index is 0.132. The van der Waals surface area contributed by atoms with Gasteiger partial charge in [-0.15, -0.1) is 0 Å². The second kappa shape index (κ2) is 11.8. The number of nitrogens with zero attached hydrogens (tertiary/aromatic N) is 4. The Morgan fingerprint density at radius 2 is 1.81 bits per heavy atom. The average Bonchev–Trinajstić information content (AvgIpc) is 3.22. The van der Waals surface area contributed by atoms with Crippen LogP contribution in [0.2, 0.25) is 0 Å². The summed E-state index contributed by atoms with van der Waals surface area (Å²) in [4.78, 5) is 18.3. The van der Waals surface area contributed by atoms with E-state index in [0.29, 0.717) is 24.7 Å². The van der Waals surface area contributed by atoms with Crippen LogP contribution in [0.5, 0.6) is 0 Å². The Morgan fingerprint density at radius 3 is 2.47 bits per heavy atom. The molecule has 0 N–H and O–H groups in total. The highest BCUT2D eigenvalue weighted by atomic mass is 19.1. The number of hydrogen-bond acceptors (Lipinski definition) is 3. The molecule has 1 aromatic heterocycles. The summed E-state index contributed by atoms with van der Waals surface area (Å²) < 4.78 is 16.6. The van der Waals surface area contributed by atoms with E-state index in [-0.39, 0.29) is 17.6 Å². The Hall–Kier alpha value is -2.99. The quantitative estimate of drug-likeness (QED) is 0.352. The molecule has 2 heterocycles. The topological polar surface area (TPSA) is 41.4 Å². The molecule has 3 aromatic rings. The zero-order valence-electron chi connectivity index (χ0n) is 22.1. The Kier molecular flexibility index (Phi) is 8.57. The number of rotatable bonds is 10. The fraction of sp³-hybridized carbons (Fsp3) is 0.467. The molecule has 0 aliphatic carbocycles. The van der Waals surface area contributed by atoms with Gasteiger partial charge in [-0.2, -0.15) is 5.10 Å². The number of carbonyl (C=O) groups excluding carboxylic acids is 1. The molecule has 2 aromatic carbocycles. The Balaban J connectivity index is 1.72. The maximum absolute atomic E-state index is 14.8. The highest BCUT2D eigenvalue weighted by Crippen LogP contribution is 2.29. The second-order valence-electron chi connectivity index (χ2n) is 10.2. The molecule has 1 aliphatic rings. The van der Waals surface area contributed by atoms with E-state index in [9.17, 15) is 9.18 Å². The van der Waals surface area contributed by atoms with E-state index in [2.05, 4.69) is 32.6 Å². The van der Waals surface area contributed by atoms with Gasteiger partial charge in [-0.25, -0.2) is 9.07 Å². The van der Waals surface area contributed by atoms with Gasteiger partial charge in [0.1, 0.15) is 11.5 Å². The molecule has 0 spiro atoms. The van der Waals surface area contributed by atoms with Gasteiger partial charge >= 0.3 is 0 Å². The van der Waals surface area contributed by atoms with Gasteiger partial charge in [0.15, 0.2) is 0 Å². The molecule has 1 amide bonds. The average molecular weight is 491 g/mol. The maximum atomic E-state index is 14.8. The van der Waals surface area contributed by atoms with Crippen molar-refractivity contribution in [1.82, 2.24) is 19.6 Å². The van der Waals surface area contributed by atoms with Crippen LogP contribution in [0.1, 0.15) is 69.0 Å². The monoisotopic (exact) mass is 490 g/mol. The van der Waals surface area contributed by atoms with E-state index in [1.165, 1.54) is 6.07 Å². The smallest absolute Gasteiger partial charge is 0.230 e. The van der Waals surface area contributed by atoms with Gasteiger partial charge in [0.25, 0.3) is 0 Å².